The molecule has 0 heterocycles. The monoisotopic (exact) mass is 627 g/mol. The summed E-state index contributed by atoms with van der Waals surface area (Å²) in [7, 11) is 0. The van der Waals surface area contributed by atoms with E-state index in [2.05, 4.69) is 184 Å². The van der Waals surface area contributed by atoms with Gasteiger partial charge in [-0.05, 0) is 102 Å². The summed E-state index contributed by atoms with van der Waals surface area (Å²) in [5, 5.41) is 7.70. The van der Waals surface area contributed by atoms with Gasteiger partial charge in [0, 0.05) is 27.8 Å². The number of rotatable bonds is 3. The third kappa shape index (κ3) is 3.88. The van der Waals surface area contributed by atoms with Crippen molar-refractivity contribution < 1.29 is 0 Å². The summed E-state index contributed by atoms with van der Waals surface area (Å²) in [6, 6.07) is 56.9. The van der Waals surface area contributed by atoms with Crippen LogP contribution >= 0.6 is 0 Å². The molecule has 0 radical (unpaired) electrons. The molecule has 0 unspecified atom stereocenters. The smallest absolute Gasteiger partial charge is 0.0543 e. The maximum absolute atomic E-state index is 2.51. The predicted octanol–water partition coefficient (Wildman–Crippen LogP) is 13.2. The molecule has 2 aliphatic carbocycles. The van der Waals surface area contributed by atoms with Crippen molar-refractivity contribution in [3.63, 3.8) is 0 Å². The molecule has 234 valence electrons. The maximum Gasteiger partial charge on any atom is 0.0543 e. The average molecular weight is 628 g/mol. The lowest BCUT2D eigenvalue weighted by Gasteiger charge is -2.30. The zero-order valence-electron chi connectivity index (χ0n) is 28.4. The molecule has 1 nitrogen and oxygen atoms in total. The van der Waals surface area contributed by atoms with Gasteiger partial charge in [-0.25, -0.2) is 0 Å². The third-order valence-corrected chi connectivity index (χ3v) is 11.6. The van der Waals surface area contributed by atoms with Crippen molar-refractivity contribution in [3.05, 3.63) is 174 Å². The second-order valence-electron chi connectivity index (χ2n) is 15.0. The van der Waals surface area contributed by atoms with E-state index in [-0.39, 0.29) is 10.8 Å². The van der Waals surface area contributed by atoms with Crippen LogP contribution in [0.1, 0.15) is 49.9 Å². The highest BCUT2D eigenvalue weighted by atomic mass is 15.1. The van der Waals surface area contributed by atoms with E-state index in [1.807, 2.05) is 0 Å². The van der Waals surface area contributed by atoms with Crippen LogP contribution in [-0.2, 0) is 10.8 Å². The first kappa shape index (κ1) is 28.4. The van der Waals surface area contributed by atoms with Crippen LogP contribution in [0.4, 0.5) is 17.1 Å². The van der Waals surface area contributed by atoms with Gasteiger partial charge in [0.25, 0.3) is 0 Å². The van der Waals surface area contributed by atoms with Crippen LogP contribution in [0.25, 0.3) is 54.6 Å². The van der Waals surface area contributed by atoms with Gasteiger partial charge in [0.15, 0.2) is 0 Å². The van der Waals surface area contributed by atoms with Gasteiger partial charge in [0.05, 0.1) is 5.69 Å². The van der Waals surface area contributed by atoms with Gasteiger partial charge in [0.2, 0.25) is 0 Å². The van der Waals surface area contributed by atoms with Crippen LogP contribution in [0.15, 0.2) is 152 Å². The Hall–Kier alpha value is -5.66. The largest absolute Gasteiger partial charge is 0.310 e. The topological polar surface area (TPSA) is 3.24 Å². The average Bonchev–Trinajstić information content (AvgIpc) is 3.51. The first-order valence-electron chi connectivity index (χ1n) is 17.4. The Balaban J connectivity index is 1.25. The van der Waals surface area contributed by atoms with E-state index in [9.17, 15) is 0 Å². The Labute approximate surface area is 288 Å². The number of nitrogens with zero attached hydrogens (tertiary/aromatic N) is 1. The Morgan fingerprint density at radius 3 is 1.80 bits per heavy atom. The van der Waals surface area contributed by atoms with E-state index in [0.29, 0.717) is 0 Å². The number of hydrogen-bond acceptors (Lipinski definition) is 1. The molecule has 10 rings (SSSR count). The minimum atomic E-state index is -0.0855. The quantitative estimate of drug-likeness (QED) is 0.176. The lowest BCUT2D eigenvalue weighted by atomic mass is 9.82. The standard InChI is InChI=1S/C48H37N/c1-47(2)40-16-9-7-14-37(40)39-29-34(25-27-42(39)47)49(44-19-11-18-43-46(44)38-15-8-10-17-41(38)48(43,3)4)33-24-26-36-32(28-33)23-22-31-21-20-30-12-5-6-13-35(30)45(31)36/h5-29H,1-4H3. The molecule has 1 heteroatoms. The Bertz CT molecular complexity index is 2670. The van der Waals surface area contributed by atoms with Gasteiger partial charge in [-0.2, -0.15) is 0 Å². The lowest BCUT2D eigenvalue weighted by molar-refractivity contribution is 0.660. The molecule has 0 amide bonds. The Morgan fingerprint density at radius 2 is 0.959 bits per heavy atom. The molecule has 0 atom stereocenters. The lowest BCUT2D eigenvalue weighted by Crippen LogP contribution is -2.16. The van der Waals surface area contributed by atoms with Crippen LogP contribution in [0.5, 0.6) is 0 Å². The highest BCUT2D eigenvalue weighted by Gasteiger charge is 2.39. The van der Waals surface area contributed by atoms with Gasteiger partial charge >= 0.3 is 0 Å². The second kappa shape index (κ2) is 9.94. The number of fused-ring (bicyclic) bond motifs is 11. The summed E-state index contributed by atoms with van der Waals surface area (Å²) in [6.45, 7) is 9.45. The van der Waals surface area contributed by atoms with Crippen molar-refractivity contribution in [1.29, 1.82) is 0 Å². The molecule has 8 aromatic rings. The molecule has 0 aliphatic heterocycles. The van der Waals surface area contributed by atoms with Crippen molar-refractivity contribution in [2.75, 3.05) is 4.90 Å². The normalized spacial score (nSPS) is 14.9. The van der Waals surface area contributed by atoms with Crippen molar-refractivity contribution in [3.8, 4) is 22.3 Å². The fraction of sp³-hybridized carbons (Fsp3) is 0.125. The molecule has 0 saturated heterocycles. The van der Waals surface area contributed by atoms with E-state index >= 15 is 0 Å². The minimum Gasteiger partial charge on any atom is -0.310 e. The zero-order chi connectivity index (χ0) is 33.1. The fourth-order valence-electron chi connectivity index (χ4n) is 9.16. The molecule has 2 aliphatic rings. The first-order valence-corrected chi connectivity index (χ1v) is 17.4. The van der Waals surface area contributed by atoms with Crippen molar-refractivity contribution in [2.45, 2.75) is 38.5 Å². The summed E-state index contributed by atoms with van der Waals surface area (Å²) in [6.07, 6.45) is 0. The molecule has 0 N–H and O–H groups in total. The van der Waals surface area contributed by atoms with Crippen LogP contribution in [0, 0.1) is 0 Å². The van der Waals surface area contributed by atoms with Crippen LogP contribution < -0.4 is 4.90 Å². The molecular weight excluding hydrogens is 591 g/mol. The van der Waals surface area contributed by atoms with E-state index in [1.165, 1.54) is 88.2 Å². The predicted molar refractivity (Wildman–Crippen MR) is 209 cm³/mol. The summed E-state index contributed by atoms with van der Waals surface area (Å²) in [5.41, 5.74) is 14.3. The van der Waals surface area contributed by atoms with E-state index < -0.39 is 0 Å². The molecule has 0 aromatic heterocycles. The highest BCUT2D eigenvalue weighted by molar-refractivity contribution is 6.20. The summed E-state index contributed by atoms with van der Waals surface area (Å²) in [5.74, 6) is 0. The summed E-state index contributed by atoms with van der Waals surface area (Å²) >= 11 is 0. The molecular formula is C48H37N. The number of benzene rings is 8. The summed E-state index contributed by atoms with van der Waals surface area (Å²) < 4.78 is 0. The SMILES string of the molecule is CC1(C)c2ccccc2-c2cc(N(c3ccc4c(ccc5ccc6ccccc6c54)c3)c3cccc4c3-c3ccccc3C4(C)C)ccc21. The minimum absolute atomic E-state index is 0.0426. The van der Waals surface area contributed by atoms with Gasteiger partial charge in [-0.15, -0.1) is 0 Å². The highest BCUT2D eigenvalue weighted by Crippen LogP contribution is 2.55. The fourth-order valence-corrected chi connectivity index (χ4v) is 9.16. The molecule has 8 aromatic carbocycles. The molecule has 0 fully saturated rings. The van der Waals surface area contributed by atoms with Gasteiger partial charge < -0.3 is 4.90 Å². The van der Waals surface area contributed by atoms with Crippen LogP contribution in [0.3, 0.4) is 0 Å². The third-order valence-electron chi connectivity index (χ3n) is 11.6. The van der Waals surface area contributed by atoms with Crippen molar-refractivity contribution in [2.24, 2.45) is 0 Å². The summed E-state index contributed by atoms with van der Waals surface area (Å²) in [4.78, 5) is 2.51. The zero-order valence-corrected chi connectivity index (χ0v) is 28.4. The Kier molecular flexibility index (Phi) is 5.75. The van der Waals surface area contributed by atoms with Gasteiger partial charge in [-0.1, -0.05) is 149 Å². The molecule has 0 bridgehead atoms. The van der Waals surface area contributed by atoms with Gasteiger partial charge in [0.1, 0.15) is 0 Å². The van der Waals surface area contributed by atoms with Crippen LogP contribution in [0.2, 0.25) is 0 Å². The van der Waals surface area contributed by atoms with E-state index in [0.717, 1.165) is 5.69 Å². The number of anilines is 3. The molecule has 49 heavy (non-hydrogen) atoms. The van der Waals surface area contributed by atoms with E-state index in [1.54, 1.807) is 0 Å². The van der Waals surface area contributed by atoms with Gasteiger partial charge in [-0.3, -0.25) is 0 Å². The Morgan fingerprint density at radius 1 is 0.388 bits per heavy atom. The van der Waals surface area contributed by atoms with Crippen molar-refractivity contribution >= 4 is 49.4 Å². The number of hydrogen-bond donors (Lipinski definition) is 0. The first-order chi connectivity index (χ1) is 23.8. The van der Waals surface area contributed by atoms with Crippen molar-refractivity contribution in [1.82, 2.24) is 0 Å². The second-order valence-corrected chi connectivity index (χ2v) is 15.0. The van der Waals surface area contributed by atoms with Crippen LogP contribution in [-0.4, -0.2) is 0 Å². The van der Waals surface area contributed by atoms with E-state index in [4.69, 9.17) is 0 Å². The molecule has 0 spiro atoms. The molecule has 0 saturated carbocycles. The maximum atomic E-state index is 2.51.